The summed E-state index contributed by atoms with van der Waals surface area (Å²) in [5.41, 5.74) is 1.60. The molecule has 1 fully saturated rings. The Morgan fingerprint density at radius 3 is 2.48 bits per heavy atom. The first-order chi connectivity index (χ1) is 12.4. The first-order valence-corrected chi connectivity index (χ1v) is 13.8. The second-order valence-electron chi connectivity index (χ2n) is 9.53. The minimum Gasteiger partial charge on any atom is -0.444 e. The second kappa shape index (κ2) is 9.79. The maximum absolute atomic E-state index is 12.8. The largest absolute Gasteiger partial charge is 0.444 e. The maximum Gasteiger partial charge on any atom is 0.410 e. The van der Waals surface area contributed by atoms with Crippen molar-refractivity contribution in [1.29, 1.82) is 0 Å². The number of carbonyl (C=O) groups excluding carboxylic acids is 1. The molecule has 154 valence electrons. The van der Waals surface area contributed by atoms with E-state index < -0.39 is 19.3 Å². The smallest absolute Gasteiger partial charge is 0.410 e. The molecule has 0 saturated carbocycles. The Labute approximate surface area is 167 Å². The molecule has 1 amide bonds. The summed E-state index contributed by atoms with van der Waals surface area (Å²) in [5, 5.41) is 11.6. The lowest BCUT2D eigenvalue weighted by Crippen LogP contribution is -2.57. The highest BCUT2D eigenvalue weighted by Gasteiger charge is 2.43. The normalized spacial score (nSPS) is 20.7. The number of carbonyl (C=O) groups is 1. The van der Waals surface area contributed by atoms with Gasteiger partial charge in [0.1, 0.15) is 19.3 Å². The van der Waals surface area contributed by atoms with Crippen molar-refractivity contribution in [2.24, 2.45) is 0 Å². The molecule has 0 spiro atoms. The lowest BCUT2D eigenvalue weighted by molar-refractivity contribution is -0.0427. The fraction of sp³-hybridized carbons (Fsp3) is 0.773. The van der Waals surface area contributed by atoms with Crippen molar-refractivity contribution in [3.8, 4) is 11.5 Å². The van der Waals surface area contributed by atoms with Crippen LogP contribution in [-0.4, -0.2) is 48.0 Å². The maximum atomic E-state index is 12.8. The van der Waals surface area contributed by atoms with Gasteiger partial charge in [-0.3, -0.25) is 0 Å². The molecule has 5 heteroatoms. The lowest BCUT2D eigenvalue weighted by Gasteiger charge is -2.43. The molecule has 1 aliphatic rings. The Morgan fingerprint density at radius 1 is 1.26 bits per heavy atom. The molecule has 1 heterocycles. The van der Waals surface area contributed by atoms with Gasteiger partial charge in [0, 0.05) is 6.54 Å². The molecule has 1 rings (SSSR count). The molecule has 27 heavy (non-hydrogen) atoms. The minimum atomic E-state index is -1.65. The summed E-state index contributed by atoms with van der Waals surface area (Å²) in [6, 6.07) is -0.319. The van der Waals surface area contributed by atoms with Crippen LogP contribution in [0.15, 0.2) is 12.2 Å². The Hall–Kier alpha value is -1.25. The number of amides is 1. The molecule has 0 aromatic rings. The summed E-state index contributed by atoms with van der Waals surface area (Å²) in [6.07, 6.45) is 8.81. The number of rotatable bonds is 5. The van der Waals surface area contributed by atoms with Crippen molar-refractivity contribution < 1.29 is 14.6 Å². The predicted octanol–water partition coefficient (Wildman–Crippen LogP) is 5.13. The van der Waals surface area contributed by atoms with Crippen LogP contribution in [0.1, 0.15) is 66.2 Å². The van der Waals surface area contributed by atoms with E-state index in [0.29, 0.717) is 13.0 Å². The molecule has 0 radical (unpaired) electrons. The summed E-state index contributed by atoms with van der Waals surface area (Å²) in [5.74, 6) is 3.21. The molecule has 4 nitrogen and oxygen atoms in total. The molecular weight excluding hydrogens is 354 g/mol. The monoisotopic (exact) mass is 393 g/mol. The Bertz CT molecular complexity index is 577. The van der Waals surface area contributed by atoms with E-state index in [1.165, 1.54) is 0 Å². The lowest BCUT2D eigenvalue weighted by atomic mass is 9.83. The van der Waals surface area contributed by atoms with Gasteiger partial charge in [-0.2, -0.15) is 0 Å². The number of nitrogens with zero attached hydrogens (tertiary/aromatic N) is 1. The van der Waals surface area contributed by atoms with Crippen LogP contribution >= 0.6 is 0 Å². The predicted molar refractivity (Wildman–Crippen MR) is 115 cm³/mol. The van der Waals surface area contributed by atoms with Crippen molar-refractivity contribution >= 4 is 14.2 Å². The Kier molecular flexibility index (Phi) is 8.63. The highest BCUT2D eigenvalue weighted by Crippen LogP contribution is 2.31. The van der Waals surface area contributed by atoms with Gasteiger partial charge in [-0.25, -0.2) is 4.79 Å². The van der Waals surface area contributed by atoms with Gasteiger partial charge in [-0.1, -0.05) is 44.6 Å². The number of piperidine rings is 1. The standard InChI is InChI=1S/C22H39NO3Si/c1-8-9-10-12-15-22(25,16-18-27(5,6)7)19-14-11-13-17-23(19)20(24)26-21(2,3)4/h9-10,19,25H,8,11-15,17H2,1-7H3/b10-9-/t19-,22+/m1/s1. The minimum absolute atomic E-state index is 0.319. The van der Waals surface area contributed by atoms with Crippen LogP contribution in [0.3, 0.4) is 0 Å². The molecular formula is C22H39NO3Si. The highest BCUT2D eigenvalue weighted by molar-refractivity contribution is 6.83. The average molecular weight is 394 g/mol. The quantitative estimate of drug-likeness (QED) is 0.400. The molecule has 2 atom stereocenters. The molecule has 0 bridgehead atoms. The fourth-order valence-electron chi connectivity index (χ4n) is 3.16. The van der Waals surface area contributed by atoms with E-state index in [9.17, 15) is 9.90 Å². The second-order valence-corrected chi connectivity index (χ2v) is 14.3. The van der Waals surface area contributed by atoms with Gasteiger partial charge < -0.3 is 14.7 Å². The van der Waals surface area contributed by atoms with E-state index in [2.05, 4.69) is 50.2 Å². The van der Waals surface area contributed by atoms with E-state index in [1.807, 2.05) is 20.8 Å². The van der Waals surface area contributed by atoms with Gasteiger partial charge in [-0.15, -0.1) is 5.54 Å². The summed E-state index contributed by atoms with van der Waals surface area (Å²) in [7, 11) is -1.65. The number of aliphatic hydroxyl groups is 1. The topological polar surface area (TPSA) is 49.8 Å². The first-order valence-electron chi connectivity index (χ1n) is 10.3. The fourth-order valence-corrected chi connectivity index (χ4v) is 3.75. The van der Waals surface area contributed by atoms with Crippen molar-refractivity contribution in [3.63, 3.8) is 0 Å². The van der Waals surface area contributed by atoms with Crippen molar-refractivity contribution in [3.05, 3.63) is 12.2 Å². The molecule has 0 aromatic heterocycles. The molecule has 0 aromatic carbocycles. The Morgan fingerprint density at radius 2 is 1.93 bits per heavy atom. The third kappa shape index (κ3) is 8.53. The van der Waals surface area contributed by atoms with Crippen LogP contribution in [0.25, 0.3) is 0 Å². The molecule has 1 saturated heterocycles. The number of allylic oxidation sites excluding steroid dienone is 2. The molecule has 1 N–H and O–H groups in total. The number of ether oxygens (including phenoxy) is 1. The number of likely N-dealkylation sites (tertiary alicyclic amines) is 1. The summed E-state index contributed by atoms with van der Waals surface area (Å²) < 4.78 is 5.61. The summed E-state index contributed by atoms with van der Waals surface area (Å²) in [6.45, 7) is 14.8. The van der Waals surface area contributed by atoms with Crippen LogP contribution in [0.4, 0.5) is 4.79 Å². The highest BCUT2D eigenvalue weighted by atomic mass is 28.3. The van der Waals surface area contributed by atoms with E-state index in [0.717, 1.165) is 32.1 Å². The number of hydrogen-bond donors (Lipinski definition) is 1. The van der Waals surface area contributed by atoms with E-state index >= 15 is 0 Å². The van der Waals surface area contributed by atoms with Gasteiger partial charge in [0.05, 0.1) is 6.04 Å². The van der Waals surface area contributed by atoms with Gasteiger partial charge in [0.25, 0.3) is 0 Å². The van der Waals surface area contributed by atoms with Gasteiger partial charge >= 0.3 is 6.09 Å². The third-order valence-corrected chi connectivity index (χ3v) is 5.31. The van der Waals surface area contributed by atoms with Crippen LogP contribution in [0.5, 0.6) is 0 Å². The average Bonchev–Trinajstić information content (AvgIpc) is 2.55. The van der Waals surface area contributed by atoms with Crippen molar-refractivity contribution in [1.82, 2.24) is 4.90 Å². The summed E-state index contributed by atoms with van der Waals surface area (Å²) in [4.78, 5) is 14.5. The number of hydrogen-bond acceptors (Lipinski definition) is 3. The zero-order chi connectivity index (χ0) is 20.7. The molecule has 0 unspecified atom stereocenters. The summed E-state index contributed by atoms with van der Waals surface area (Å²) >= 11 is 0. The zero-order valence-electron chi connectivity index (χ0n) is 18.4. The Balaban J connectivity index is 3.15. The molecule has 1 aliphatic heterocycles. The van der Waals surface area contributed by atoms with Crippen molar-refractivity contribution in [2.75, 3.05) is 6.54 Å². The van der Waals surface area contributed by atoms with Crippen LogP contribution in [0, 0.1) is 11.5 Å². The van der Waals surface area contributed by atoms with Crippen LogP contribution in [0.2, 0.25) is 19.6 Å². The van der Waals surface area contributed by atoms with Crippen LogP contribution < -0.4 is 0 Å². The van der Waals surface area contributed by atoms with Gasteiger partial charge in [-0.05, 0) is 59.3 Å². The molecule has 0 aliphatic carbocycles. The van der Waals surface area contributed by atoms with Crippen LogP contribution in [-0.2, 0) is 4.74 Å². The van der Waals surface area contributed by atoms with E-state index in [4.69, 9.17) is 4.74 Å². The van der Waals surface area contributed by atoms with Gasteiger partial charge in [0.2, 0.25) is 0 Å². The zero-order valence-corrected chi connectivity index (χ0v) is 19.4. The van der Waals surface area contributed by atoms with E-state index in [1.54, 1.807) is 4.90 Å². The third-order valence-electron chi connectivity index (χ3n) is 4.43. The van der Waals surface area contributed by atoms with Crippen molar-refractivity contribution in [2.45, 2.75) is 103 Å². The van der Waals surface area contributed by atoms with E-state index in [-0.39, 0.29) is 12.1 Å². The van der Waals surface area contributed by atoms with Gasteiger partial charge in [0.15, 0.2) is 0 Å². The SMILES string of the molecule is CC/C=C\CC[C@](O)(C#C[Si](C)(C)C)[C@H]1CCCCN1C(=O)OC(C)(C)C. The first kappa shape index (κ1) is 23.8.